The first-order valence-corrected chi connectivity index (χ1v) is 12.9. The number of nitro benzene ring substituents is 2. The van der Waals surface area contributed by atoms with E-state index in [4.69, 9.17) is 0 Å². The van der Waals surface area contributed by atoms with Crippen LogP contribution in [-0.4, -0.2) is 27.8 Å². The predicted octanol–water partition coefficient (Wildman–Crippen LogP) is 6.41. The molecule has 0 bridgehead atoms. The Morgan fingerprint density at radius 2 is 1.69 bits per heavy atom. The summed E-state index contributed by atoms with van der Waals surface area (Å²) in [5, 5.41) is 29.4. The molecule has 0 saturated heterocycles. The Labute approximate surface area is 227 Å². The first-order chi connectivity index (χ1) is 18.7. The average Bonchev–Trinajstić information content (AvgIpc) is 3.40. The number of non-ortho nitro benzene ring substituents is 1. The van der Waals surface area contributed by atoms with E-state index in [9.17, 15) is 20.2 Å². The maximum atomic E-state index is 11.6. The highest BCUT2D eigenvalue weighted by atomic mass is 32.1. The van der Waals surface area contributed by atoms with Crippen LogP contribution in [0.25, 0.3) is 11.3 Å². The number of fused-ring (bicyclic) bond motifs is 1. The molecule has 0 unspecified atom stereocenters. The molecule has 0 radical (unpaired) electrons. The molecule has 0 N–H and O–H groups in total. The van der Waals surface area contributed by atoms with E-state index >= 15 is 0 Å². The smallest absolute Gasteiger partial charge is 0.294 e. The molecule has 11 heteroatoms. The van der Waals surface area contributed by atoms with E-state index in [-0.39, 0.29) is 22.5 Å². The second kappa shape index (κ2) is 10.1. The molecule has 5 rings (SSSR count). The molecule has 39 heavy (non-hydrogen) atoms. The van der Waals surface area contributed by atoms with Crippen LogP contribution in [0.5, 0.6) is 0 Å². The van der Waals surface area contributed by atoms with Crippen molar-refractivity contribution in [3.05, 3.63) is 121 Å². The summed E-state index contributed by atoms with van der Waals surface area (Å²) in [6.07, 6.45) is 3.59. The Kier molecular flexibility index (Phi) is 6.67. The van der Waals surface area contributed by atoms with Gasteiger partial charge in [-0.2, -0.15) is 5.10 Å². The number of thiazole rings is 1. The van der Waals surface area contributed by atoms with Crippen molar-refractivity contribution in [2.75, 3.05) is 11.9 Å². The van der Waals surface area contributed by atoms with Crippen LogP contribution in [0.3, 0.4) is 0 Å². The van der Waals surface area contributed by atoms with Crippen LogP contribution in [-0.2, 0) is 5.41 Å². The molecule has 1 aliphatic heterocycles. The predicted molar refractivity (Wildman–Crippen MR) is 153 cm³/mol. The van der Waals surface area contributed by atoms with Gasteiger partial charge in [0, 0.05) is 59.2 Å². The summed E-state index contributed by atoms with van der Waals surface area (Å²) in [4.78, 5) is 29.1. The zero-order chi connectivity index (χ0) is 27.7. The Morgan fingerprint density at radius 3 is 2.44 bits per heavy atom. The normalized spacial score (nSPS) is 15.7. The minimum absolute atomic E-state index is 0.0550. The molecule has 0 saturated carbocycles. The van der Waals surface area contributed by atoms with E-state index in [0.29, 0.717) is 16.1 Å². The molecule has 1 aromatic heterocycles. The zero-order valence-corrected chi connectivity index (χ0v) is 22.2. The molecule has 0 atom stereocenters. The number of nitrogens with zero attached hydrogens (tertiary/aromatic N) is 6. The molecule has 0 aliphatic carbocycles. The summed E-state index contributed by atoms with van der Waals surface area (Å²) in [7, 11) is 2.01. The third-order valence-corrected chi connectivity index (χ3v) is 7.50. The van der Waals surface area contributed by atoms with Gasteiger partial charge in [0.2, 0.25) is 4.80 Å². The van der Waals surface area contributed by atoms with E-state index in [1.807, 2.05) is 25.3 Å². The summed E-state index contributed by atoms with van der Waals surface area (Å²) in [5.41, 5.74) is 4.25. The first kappa shape index (κ1) is 25.7. The van der Waals surface area contributed by atoms with Crippen molar-refractivity contribution in [2.45, 2.75) is 19.3 Å². The van der Waals surface area contributed by atoms with E-state index in [1.165, 1.54) is 35.1 Å². The number of rotatable bonds is 6. The number of benzene rings is 3. The van der Waals surface area contributed by atoms with Crippen molar-refractivity contribution in [2.24, 2.45) is 10.1 Å². The van der Waals surface area contributed by atoms with Crippen LogP contribution < -0.4 is 9.70 Å². The standard InChI is InChI=1S/C28H24N6O4S/c1-28(2)21-11-4-6-13-23(21)31(3)26(28)15-16-29-32-25(19-9-8-10-20(17-19)33(35)36)18-39-27(32)30-22-12-5-7-14-24(22)34(37)38/h4-18H,1-3H3. The number of hydrogen-bond acceptors (Lipinski definition) is 8. The highest BCUT2D eigenvalue weighted by molar-refractivity contribution is 7.07. The first-order valence-electron chi connectivity index (χ1n) is 12.0. The minimum atomic E-state index is -0.485. The monoisotopic (exact) mass is 540 g/mol. The SMILES string of the molecule is CN1C(=CC=Nn2c(-c3cccc([N+](=O)[O-])c3)csc2=Nc2ccccc2[N+](=O)[O-])C(C)(C)c2ccccc21. The molecule has 2 heterocycles. The largest absolute Gasteiger partial charge is 0.347 e. The quantitative estimate of drug-likeness (QED) is 0.159. The second-order valence-corrected chi connectivity index (χ2v) is 10.2. The van der Waals surface area contributed by atoms with Gasteiger partial charge in [-0.25, -0.2) is 9.67 Å². The van der Waals surface area contributed by atoms with Gasteiger partial charge in [-0.1, -0.05) is 56.3 Å². The molecule has 4 aromatic rings. The zero-order valence-electron chi connectivity index (χ0n) is 21.4. The summed E-state index contributed by atoms with van der Waals surface area (Å²) < 4.78 is 1.55. The van der Waals surface area contributed by atoms with Gasteiger partial charge in [0.15, 0.2) is 0 Å². The lowest BCUT2D eigenvalue weighted by molar-refractivity contribution is -0.384. The number of anilines is 1. The maximum absolute atomic E-state index is 11.6. The highest BCUT2D eigenvalue weighted by Gasteiger charge is 2.37. The number of nitro groups is 2. The van der Waals surface area contributed by atoms with Gasteiger partial charge < -0.3 is 4.90 Å². The van der Waals surface area contributed by atoms with Crippen molar-refractivity contribution in [1.82, 2.24) is 4.68 Å². The van der Waals surface area contributed by atoms with Crippen molar-refractivity contribution >= 4 is 40.3 Å². The molecule has 0 amide bonds. The number of hydrogen-bond donors (Lipinski definition) is 0. The van der Waals surface area contributed by atoms with Crippen molar-refractivity contribution < 1.29 is 9.85 Å². The van der Waals surface area contributed by atoms with Gasteiger partial charge in [-0.05, 0) is 23.8 Å². The van der Waals surface area contributed by atoms with Gasteiger partial charge >= 0.3 is 0 Å². The van der Waals surface area contributed by atoms with E-state index in [2.05, 4.69) is 41.0 Å². The van der Waals surface area contributed by atoms with Gasteiger partial charge in [0.25, 0.3) is 11.4 Å². The number of allylic oxidation sites excluding steroid dienone is 2. The fourth-order valence-corrected chi connectivity index (χ4v) is 5.60. The van der Waals surface area contributed by atoms with Gasteiger partial charge in [-0.15, -0.1) is 11.3 Å². The summed E-state index contributed by atoms with van der Waals surface area (Å²) in [6, 6.07) is 20.7. The fourth-order valence-electron chi connectivity index (χ4n) is 4.75. The lowest BCUT2D eigenvalue weighted by Crippen LogP contribution is -2.23. The topological polar surface area (TPSA) is 119 Å². The van der Waals surface area contributed by atoms with Crippen LogP contribution in [0.15, 0.2) is 100 Å². The van der Waals surface area contributed by atoms with Crippen molar-refractivity contribution in [1.29, 1.82) is 0 Å². The van der Waals surface area contributed by atoms with Gasteiger partial charge in [0.05, 0.1) is 15.5 Å². The molecule has 10 nitrogen and oxygen atoms in total. The van der Waals surface area contributed by atoms with Gasteiger partial charge in [-0.3, -0.25) is 20.2 Å². The molecule has 1 aliphatic rings. The Hall–Kier alpha value is -4.90. The number of para-hydroxylation sites is 3. The molecule has 0 fully saturated rings. The molecule has 196 valence electrons. The van der Waals surface area contributed by atoms with E-state index in [0.717, 1.165) is 11.4 Å². The fraction of sp³-hybridized carbons (Fsp3) is 0.143. The number of likely N-dealkylation sites (N-methyl/N-ethyl adjacent to an activating group) is 1. The highest BCUT2D eigenvalue weighted by Crippen LogP contribution is 2.46. The minimum Gasteiger partial charge on any atom is -0.347 e. The molecular formula is C28H24N6O4S. The molecule has 0 spiro atoms. The molecule has 3 aromatic carbocycles. The Morgan fingerprint density at radius 1 is 0.949 bits per heavy atom. The second-order valence-electron chi connectivity index (χ2n) is 9.40. The third kappa shape index (κ3) is 4.75. The van der Waals surface area contributed by atoms with E-state index < -0.39 is 9.85 Å². The summed E-state index contributed by atoms with van der Waals surface area (Å²) >= 11 is 1.23. The Bertz CT molecular complexity index is 1730. The van der Waals surface area contributed by atoms with Crippen LogP contribution in [0.2, 0.25) is 0 Å². The molecular weight excluding hydrogens is 516 g/mol. The lowest BCUT2D eigenvalue weighted by Gasteiger charge is -2.23. The van der Waals surface area contributed by atoms with E-state index in [1.54, 1.807) is 46.6 Å². The van der Waals surface area contributed by atoms with Crippen LogP contribution >= 0.6 is 11.3 Å². The lowest BCUT2D eigenvalue weighted by atomic mass is 9.84. The summed E-state index contributed by atoms with van der Waals surface area (Å²) in [5.74, 6) is 0. The van der Waals surface area contributed by atoms with Crippen LogP contribution in [0.1, 0.15) is 19.4 Å². The van der Waals surface area contributed by atoms with Crippen LogP contribution in [0.4, 0.5) is 22.7 Å². The van der Waals surface area contributed by atoms with Crippen LogP contribution in [0, 0.1) is 20.2 Å². The Balaban J connectivity index is 1.64. The number of aromatic nitrogens is 1. The van der Waals surface area contributed by atoms with Crippen molar-refractivity contribution in [3.8, 4) is 11.3 Å². The summed E-state index contributed by atoms with van der Waals surface area (Å²) in [6.45, 7) is 4.30. The average molecular weight is 541 g/mol. The van der Waals surface area contributed by atoms with Gasteiger partial charge in [0.1, 0.15) is 5.69 Å². The maximum Gasteiger partial charge on any atom is 0.294 e. The van der Waals surface area contributed by atoms with Crippen molar-refractivity contribution in [3.63, 3.8) is 0 Å². The third-order valence-electron chi connectivity index (χ3n) is 6.69.